The molecule has 2 N–H and O–H groups in total. The molecule has 2 nitrogen and oxygen atoms in total. The zero-order chi connectivity index (χ0) is 13.1. The Morgan fingerprint density at radius 1 is 1.28 bits per heavy atom. The van der Waals surface area contributed by atoms with Gasteiger partial charge in [-0.25, -0.2) is 0 Å². The van der Waals surface area contributed by atoms with Gasteiger partial charge in [0.15, 0.2) is 0 Å². The molecule has 1 aromatic carbocycles. The molecule has 3 unspecified atom stereocenters. The summed E-state index contributed by atoms with van der Waals surface area (Å²) >= 11 is 0. The van der Waals surface area contributed by atoms with E-state index in [-0.39, 0.29) is 12.1 Å². The first-order valence-electron chi connectivity index (χ1n) is 7.10. The predicted molar refractivity (Wildman–Crippen MR) is 75.9 cm³/mol. The van der Waals surface area contributed by atoms with Crippen LogP contribution in [0.2, 0.25) is 0 Å². The van der Waals surface area contributed by atoms with Crippen LogP contribution in [0.3, 0.4) is 0 Å². The van der Waals surface area contributed by atoms with Crippen molar-refractivity contribution in [2.45, 2.75) is 58.6 Å². The van der Waals surface area contributed by atoms with Crippen molar-refractivity contribution in [3.8, 4) is 5.75 Å². The second kappa shape index (κ2) is 5.75. The third-order valence-electron chi connectivity index (χ3n) is 4.36. The SMILES string of the molecule is CCC1CCC(N)C(Oc2cccc(C)c2C)C1. The van der Waals surface area contributed by atoms with E-state index in [4.69, 9.17) is 10.5 Å². The van der Waals surface area contributed by atoms with Crippen molar-refractivity contribution in [1.29, 1.82) is 0 Å². The van der Waals surface area contributed by atoms with Gasteiger partial charge in [-0.2, -0.15) is 0 Å². The Morgan fingerprint density at radius 3 is 2.78 bits per heavy atom. The third kappa shape index (κ3) is 2.86. The molecule has 0 aromatic heterocycles. The van der Waals surface area contributed by atoms with E-state index < -0.39 is 0 Å². The molecular formula is C16H25NO. The van der Waals surface area contributed by atoms with Crippen LogP contribution >= 0.6 is 0 Å². The van der Waals surface area contributed by atoms with E-state index in [1.54, 1.807) is 0 Å². The topological polar surface area (TPSA) is 35.2 Å². The Bertz CT molecular complexity index is 402. The first kappa shape index (κ1) is 13.4. The van der Waals surface area contributed by atoms with Crippen molar-refractivity contribution in [3.63, 3.8) is 0 Å². The summed E-state index contributed by atoms with van der Waals surface area (Å²) in [5.41, 5.74) is 8.73. The highest BCUT2D eigenvalue weighted by molar-refractivity contribution is 5.38. The van der Waals surface area contributed by atoms with Crippen LogP contribution in [0.5, 0.6) is 5.75 Å². The van der Waals surface area contributed by atoms with E-state index >= 15 is 0 Å². The highest BCUT2D eigenvalue weighted by Gasteiger charge is 2.29. The first-order chi connectivity index (χ1) is 8.61. The molecule has 0 aliphatic heterocycles. The zero-order valence-corrected chi connectivity index (χ0v) is 11.8. The van der Waals surface area contributed by atoms with E-state index in [1.807, 2.05) is 0 Å². The monoisotopic (exact) mass is 247 g/mol. The third-order valence-corrected chi connectivity index (χ3v) is 4.36. The number of nitrogens with two attached hydrogens (primary N) is 1. The van der Waals surface area contributed by atoms with Gasteiger partial charge in [-0.3, -0.25) is 0 Å². The molecule has 18 heavy (non-hydrogen) atoms. The van der Waals surface area contributed by atoms with Crippen LogP contribution in [0.4, 0.5) is 0 Å². The highest BCUT2D eigenvalue weighted by Crippen LogP contribution is 2.30. The van der Waals surface area contributed by atoms with Gasteiger partial charge in [0.05, 0.1) is 0 Å². The summed E-state index contributed by atoms with van der Waals surface area (Å²) in [6.07, 6.45) is 4.87. The van der Waals surface area contributed by atoms with Crippen molar-refractivity contribution in [2.24, 2.45) is 11.7 Å². The summed E-state index contributed by atoms with van der Waals surface area (Å²) in [4.78, 5) is 0. The maximum absolute atomic E-state index is 6.21. The van der Waals surface area contributed by atoms with Gasteiger partial charge in [-0.1, -0.05) is 25.5 Å². The molecule has 0 amide bonds. The molecule has 1 aromatic rings. The fraction of sp³-hybridized carbons (Fsp3) is 0.625. The number of ether oxygens (including phenoxy) is 1. The second-order valence-electron chi connectivity index (χ2n) is 5.61. The average Bonchev–Trinajstić information content (AvgIpc) is 2.37. The van der Waals surface area contributed by atoms with E-state index in [9.17, 15) is 0 Å². The number of rotatable bonds is 3. The molecule has 2 rings (SSSR count). The summed E-state index contributed by atoms with van der Waals surface area (Å²) < 4.78 is 6.19. The Kier molecular flexibility index (Phi) is 4.28. The standard InChI is InChI=1S/C16H25NO/c1-4-13-8-9-14(17)16(10-13)18-15-7-5-6-11(2)12(15)3/h5-7,13-14,16H,4,8-10,17H2,1-3H3. The lowest BCUT2D eigenvalue weighted by Gasteiger charge is -2.34. The van der Waals surface area contributed by atoms with Gasteiger partial charge in [0.1, 0.15) is 11.9 Å². The Labute approximate surface area is 111 Å². The molecule has 1 aliphatic carbocycles. The fourth-order valence-electron chi connectivity index (χ4n) is 2.76. The summed E-state index contributed by atoms with van der Waals surface area (Å²) in [6.45, 7) is 6.50. The molecular weight excluding hydrogens is 222 g/mol. The maximum atomic E-state index is 6.21. The van der Waals surface area contributed by atoms with Gasteiger partial charge in [-0.15, -0.1) is 0 Å². The first-order valence-corrected chi connectivity index (χ1v) is 7.10. The molecule has 1 fully saturated rings. The van der Waals surface area contributed by atoms with Gasteiger partial charge in [0.25, 0.3) is 0 Å². The van der Waals surface area contributed by atoms with E-state index in [2.05, 4.69) is 39.0 Å². The molecule has 0 radical (unpaired) electrons. The number of hydrogen-bond acceptors (Lipinski definition) is 2. The molecule has 3 atom stereocenters. The fourth-order valence-corrected chi connectivity index (χ4v) is 2.76. The molecule has 0 bridgehead atoms. The quantitative estimate of drug-likeness (QED) is 0.886. The zero-order valence-electron chi connectivity index (χ0n) is 11.8. The van der Waals surface area contributed by atoms with Gasteiger partial charge >= 0.3 is 0 Å². The molecule has 0 heterocycles. The molecule has 1 saturated carbocycles. The lowest BCUT2D eigenvalue weighted by Crippen LogP contribution is -2.43. The van der Waals surface area contributed by atoms with Crippen LogP contribution in [0.15, 0.2) is 18.2 Å². The van der Waals surface area contributed by atoms with Gasteiger partial charge in [0, 0.05) is 6.04 Å². The smallest absolute Gasteiger partial charge is 0.122 e. The largest absolute Gasteiger partial charge is 0.489 e. The Morgan fingerprint density at radius 2 is 2.06 bits per heavy atom. The molecule has 2 heteroatoms. The molecule has 100 valence electrons. The summed E-state index contributed by atoms with van der Waals surface area (Å²) in [5, 5.41) is 0. The second-order valence-corrected chi connectivity index (χ2v) is 5.61. The highest BCUT2D eigenvalue weighted by atomic mass is 16.5. The average molecular weight is 247 g/mol. The van der Waals surface area contributed by atoms with Crippen molar-refractivity contribution < 1.29 is 4.74 Å². The van der Waals surface area contributed by atoms with Crippen LogP contribution in [-0.4, -0.2) is 12.1 Å². The maximum Gasteiger partial charge on any atom is 0.122 e. The van der Waals surface area contributed by atoms with Crippen molar-refractivity contribution >= 4 is 0 Å². The summed E-state index contributed by atoms with van der Waals surface area (Å²) in [5.74, 6) is 1.78. The number of aryl methyl sites for hydroxylation is 1. The Balaban J connectivity index is 2.09. The minimum Gasteiger partial charge on any atom is -0.489 e. The summed E-state index contributed by atoms with van der Waals surface area (Å²) in [7, 11) is 0. The number of hydrogen-bond donors (Lipinski definition) is 1. The van der Waals surface area contributed by atoms with Crippen LogP contribution in [0.1, 0.15) is 43.7 Å². The molecule has 0 spiro atoms. The van der Waals surface area contributed by atoms with Gasteiger partial charge in [-0.05, 0) is 56.2 Å². The van der Waals surface area contributed by atoms with E-state index in [1.165, 1.54) is 24.0 Å². The van der Waals surface area contributed by atoms with E-state index in [0.29, 0.717) is 0 Å². The molecule has 1 aliphatic rings. The van der Waals surface area contributed by atoms with Crippen LogP contribution in [0.25, 0.3) is 0 Å². The van der Waals surface area contributed by atoms with Crippen molar-refractivity contribution in [2.75, 3.05) is 0 Å². The van der Waals surface area contributed by atoms with Gasteiger partial charge < -0.3 is 10.5 Å². The van der Waals surface area contributed by atoms with Crippen LogP contribution in [-0.2, 0) is 0 Å². The minimum atomic E-state index is 0.184. The normalized spacial score (nSPS) is 28.1. The predicted octanol–water partition coefficient (Wildman–Crippen LogP) is 3.59. The molecule has 0 saturated heterocycles. The Hall–Kier alpha value is -1.02. The van der Waals surface area contributed by atoms with Gasteiger partial charge in [0.2, 0.25) is 0 Å². The van der Waals surface area contributed by atoms with Crippen LogP contribution < -0.4 is 10.5 Å². The number of benzene rings is 1. The van der Waals surface area contributed by atoms with Crippen molar-refractivity contribution in [3.05, 3.63) is 29.3 Å². The van der Waals surface area contributed by atoms with Crippen molar-refractivity contribution in [1.82, 2.24) is 0 Å². The van der Waals surface area contributed by atoms with E-state index in [0.717, 1.165) is 24.5 Å². The minimum absolute atomic E-state index is 0.184. The lowest BCUT2D eigenvalue weighted by molar-refractivity contribution is 0.100. The lowest BCUT2D eigenvalue weighted by atomic mass is 9.83. The van der Waals surface area contributed by atoms with Crippen LogP contribution in [0, 0.1) is 19.8 Å². The summed E-state index contributed by atoms with van der Waals surface area (Å²) in [6, 6.07) is 6.43.